The van der Waals surface area contributed by atoms with E-state index in [1.54, 1.807) is 18.3 Å². The first-order valence-corrected chi connectivity index (χ1v) is 10.5. The Kier molecular flexibility index (Phi) is 7.46. The summed E-state index contributed by atoms with van der Waals surface area (Å²) in [5, 5.41) is 10.8. The van der Waals surface area contributed by atoms with Crippen molar-refractivity contribution in [3.05, 3.63) is 77.4 Å². The lowest BCUT2D eigenvalue weighted by molar-refractivity contribution is 0.102. The van der Waals surface area contributed by atoms with Crippen molar-refractivity contribution in [3.8, 4) is 5.69 Å². The number of piperidine rings is 1. The predicted octanol–water partition coefficient (Wildman–Crippen LogP) is 5.28. The van der Waals surface area contributed by atoms with Gasteiger partial charge in [-0.25, -0.2) is 9.07 Å². The molecule has 31 heavy (non-hydrogen) atoms. The number of halogens is 2. The van der Waals surface area contributed by atoms with Gasteiger partial charge in [0.1, 0.15) is 5.82 Å². The minimum atomic E-state index is -0.382. The molecule has 5 nitrogen and oxygen atoms in total. The van der Waals surface area contributed by atoms with Crippen molar-refractivity contribution in [1.82, 2.24) is 15.1 Å². The highest BCUT2D eigenvalue weighted by Crippen LogP contribution is 2.31. The molecule has 2 heterocycles. The van der Waals surface area contributed by atoms with E-state index < -0.39 is 0 Å². The second kappa shape index (κ2) is 10.1. The topological polar surface area (TPSA) is 59.0 Å². The quantitative estimate of drug-likeness (QED) is 0.565. The summed E-state index contributed by atoms with van der Waals surface area (Å²) in [5.41, 5.74) is 4.10. The average Bonchev–Trinajstić information content (AvgIpc) is 3.20. The standard InChI is InChI=1S/C24H27FN4O.ClH/c1-16(2)17-6-8-21(9-7-17)29-23(18-10-12-26-13-11-18)22(15-27-29)24(30)28-20-5-3-4-19(25)14-20;/h3-9,14-16,18,26H,10-13H2,1-2H3,(H,28,30);1H. The van der Waals surface area contributed by atoms with Gasteiger partial charge in [-0.15, -0.1) is 12.4 Å². The molecule has 4 rings (SSSR count). The molecule has 1 fully saturated rings. The number of amides is 1. The molecule has 1 saturated heterocycles. The number of benzene rings is 2. The van der Waals surface area contributed by atoms with Gasteiger partial charge in [-0.05, 0) is 67.7 Å². The van der Waals surface area contributed by atoms with Crippen LogP contribution in [0.1, 0.15) is 60.1 Å². The van der Waals surface area contributed by atoms with Gasteiger partial charge in [0.25, 0.3) is 5.91 Å². The zero-order valence-electron chi connectivity index (χ0n) is 17.8. The van der Waals surface area contributed by atoms with Crippen LogP contribution < -0.4 is 10.6 Å². The van der Waals surface area contributed by atoms with Gasteiger partial charge in [-0.2, -0.15) is 5.10 Å². The van der Waals surface area contributed by atoms with E-state index in [1.807, 2.05) is 4.68 Å². The summed E-state index contributed by atoms with van der Waals surface area (Å²) in [6.45, 7) is 6.15. The molecule has 7 heteroatoms. The van der Waals surface area contributed by atoms with Crippen molar-refractivity contribution in [2.75, 3.05) is 18.4 Å². The zero-order chi connectivity index (χ0) is 21.1. The molecule has 2 aromatic carbocycles. The normalized spacial score (nSPS) is 14.3. The Balaban J connectivity index is 0.00000272. The SMILES string of the molecule is CC(C)c1ccc(-n2ncc(C(=O)Nc3cccc(F)c3)c2C2CCNCC2)cc1.Cl. The highest BCUT2D eigenvalue weighted by Gasteiger charge is 2.27. The molecule has 0 saturated carbocycles. The molecule has 0 atom stereocenters. The fraction of sp³-hybridized carbons (Fsp3) is 0.333. The number of hydrogen-bond donors (Lipinski definition) is 2. The summed E-state index contributed by atoms with van der Waals surface area (Å²) in [5.74, 6) is 0.0338. The van der Waals surface area contributed by atoms with E-state index in [2.05, 4.69) is 53.8 Å². The van der Waals surface area contributed by atoms with Crippen LogP contribution in [0.3, 0.4) is 0 Å². The smallest absolute Gasteiger partial charge is 0.259 e. The van der Waals surface area contributed by atoms with Crippen LogP contribution in [0.25, 0.3) is 5.69 Å². The lowest BCUT2D eigenvalue weighted by Gasteiger charge is -2.25. The number of nitrogens with zero attached hydrogens (tertiary/aromatic N) is 2. The molecule has 0 spiro atoms. The number of aromatic nitrogens is 2. The van der Waals surface area contributed by atoms with Crippen molar-refractivity contribution in [3.63, 3.8) is 0 Å². The van der Waals surface area contributed by atoms with E-state index in [1.165, 1.54) is 17.7 Å². The van der Waals surface area contributed by atoms with Crippen LogP contribution in [-0.2, 0) is 0 Å². The maximum Gasteiger partial charge on any atom is 0.259 e. The lowest BCUT2D eigenvalue weighted by atomic mass is 9.91. The molecular weight excluding hydrogens is 415 g/mol. The summed E-state index contributed by atoms with van der Waals surface area (Å²) in [4.78, 5) is 13.1. The van der Waals surface area contributed by atoms with Crippen molar-refractivity contribution in [2.45, 2.75) is 38.5 Å². The number of hydrogen-bond acceptors (Lipinski definition) is 3. The molecule has 1 aliphatic rings. The van der Waals surface area contributed by atoms with Crippen molar-refractivity contribution >= 4 is 24.0 Å². The Morgan fingerprint density at radius 2 is 1.87 bits per heavy atom. The Labute approximate surface area is 188 Å². The largest absolute Gasteiger partial charge is 0.322 e. The maximum atomic E-state index is 13.5. The van der Waals surface area contributed by atoms with Gasteiger partial charge in [0.05, 0.1) is 23.1 Å². The van der Waals surface area contributed by atoms with E-state index in [0.29, 0.717) is 17.2 Å². The third-order valence-electron chi connectivity index (χ3n) is 5.66. The second-order valence-corrected chi connectivity index (χ2v) is 8.09. The summed E-state index contributed by atoms with van der Waals surface area (Å²) < 4.78 is 15.4. The Morgan fingerprint density at radius 1 is 1.16 bits per heavy atom. The van der Waals surface area contributed by atoms with Crippen LogP contribution in [-0.4, -0.2) is 28.8 Å². The second-order valence-electron chi connectivity index (χ2n) is 8.09. The number of carbonyl (C=O) groups excluding carboxylic acids is 1. The summed E-state index contributed by atoms with van der Waals surface area (Å²) in [7, 11) is 0. The minimum absolute atomic E-state index is 0. The number of rotatable bonds is 5. The molecule has 0 radical (unpaired) electrons. The highest BCUT2D eigenvalue weighted by atomic mass is 35.5. The van der Waals surface area contributed by atoms with Gasteiger partial charge in [-0.3, -0.25) is 4.79 Å². The molecule has 3 aromatic rings. The Bertz CT molecular complexity index is 1030. The van der Waals surface area contributed by atoms with E-state index in [4.69, 9.17) is 0 Å². The molecule has 1 aliphatic heterocycles. The number of nitrogens with one attached hydrogen (secondary N) is 2. The average molecular weight is 443 g/mol. The Hall–Kier alpha value is -2.70. The number of anilines is 1. The van der Waals surface area contributed by atoms with E-state index in [-0.39, 0.29) is 30.0 Å². The van der Waals surface area contributed by atoms with Gasteiger partial charge in [0, 0.05) is 11.6 Å². The van der Waals surface area contributed by atoms with Crippen LogP contribution in [0.5, 0.6) is 0 Å². The van der Waals surface area contributed by atoms with Gasteiger partial charge in [0.2, 0.25) is 0 Å². The van der Waals surface area contributed by atoms with Crippen LogP contribution in [0.2, 0.25) is 0 Å². The van der Waals surface area contributed by atoms with Crippen molar-refractivity contribution in [1.29, 1.82) is 0 Å². The van der Waals surface area contributed by atoms with Crippen LogP contribution in [0.15, 0.2) is 54.7 Å². The summed E-state index contributed by atoms with van der Waals surface area (Å²) >= 11 is 0. The summed E-state index contributed by atoms with van der Waals surface area (Å²) in [6.07, 6.45) is 3.51. The van der Waals surface area contributed by atoms with Gasteiger partial charge >= 0.3 is 0 Å². The monoisotopic (exact) mass is 442 g/mol. The molecule has 2 N–H and O–H groups in total. The van der Waals surface area contributed by atoms with Crippen LogP contribution in [0.4, 0.5) is 10.1 Å². The summed E-state index contributed by atoms with van der Waals surface area (Å²) in [6, 6.07) is 14.3. The third-order valence-corrected chi connectivity index (χ3v) is 5.66. The first kappa shape index (κ1) is 23.0. The van der Waals surface area contributed by atoms with Crippen molar-refractivity contribution in [2.24, 2.45) is 0 Å². The van der Waals surface area contributed by atoms with E-state index >= 15 is 0 Å². The first-order chi connectivity index (χ1) is 14.5. The molecule has 0 bridgehead atoms. The molecule has 1 aromatic heterocycles. The lowest BCUT2D eigenvalue weighted by Crippen LogP contribution is -2.29. The van der Waals surface area contributed by atoms with E-state index in [9.17, 15) is 9.18 Å². The fourth-order valence-corrected chi connectivity index (χ4v) is 3.99. The van der Waals surface area contributed by atoms with Gasteiger partial charge in [0.15, 0.2) is 0 Å². The molecule has 0 unspecified atom stereocenters. The third kappa shape index (κ3) is 5.14. The Morgan fingerprint density at radius 3 is 2.52 bits per heavy atom. The van der Waals surface area contributed by atoms with Crippen molar-refractivity contribution < 1.29 is 9.18 Å². The molecule has 0 aliphatic carbocycles. The van der Waals surface area contributed by atoms with Gasteiger partial charge in [-0.1, -0.05) is 32.0 Å². The highest BCUT2D eigenvalue weighted by molar-refractivity contribution is 6.05. The predicted molar refractivity (Wildman–Crippen MR) is 124 cm³/mol. The number of carbonyl (C=O) groups is 1. The fourth-order valence-electron chi connectivity index (χ4n) is 3.99. The molecule has 164 valence electrons. The zero-order valence-corrected chi connectivity index (χ0v) is 18.6. The molecular formula is C24H28ClFN4O. The van der Waals surface area contributed by atoms with E-state index in [0.717, 1.165) is 37.3 Å². The minimum Gasteiger partial charge on any atom is -0.322 e. The van der Waals surface area contributed by atoms with Gasteiger partial charge < -0.3 is 10.6 Å². The first-order valence-electron chi connectivity index (χ1n) is 10.5. The maximum absolute atomic E-state index is 13.5. The van der Waals surface area contributed by atoms with Crippen LogP contribution >= 0.6 is 12.4 Å². The van der Waals surface area contributed by atoms with Crippen LogP contribution in [0, 0.1) is 5.82 Å². The molecule has 1 amide bonds.